The van der Waals surface area contributed by atoms with Gasteiger partial charge in [-0.3, -0.25) is 0 Å². The highest BCUT2D eigenvalue weighted by molar-refractivity contribution is 5.79. The topological polar surface area (TPSA) is 75.6 Å². The first-order valence-corrected chi connectivity index (χ1v) is 4.49. The van der Waals surface area contributed by atoms with Crippen molar-refractivity contribution in [3.8, 4) is 0 Å². The van der Waals surface area contributed by atoms with Crippen LogP contribution in [0.4, 0.5) is 18.0 Å². The average Bonchev–Trinajstić information content (AvgIpc) is 2.13. The van der Waals surface area contributed by atoms with Gasteiger partial charge in [0.2, 0.25) is 0 Å². The van der Waals surface area contributed by atoms with Gasteiger partial charge in [-0.05, 0) is 6.42 Å². The van der Waals surface area contributed by atoms with Gasteiger partial charge in [0.1, 0.15) is 6.04 Å². The number of alkyl carbamates (subject to hydrolysis) is 1. The third-order valence-corrected chi connectivity index (χ3v) is 1.53. The van der Waals surface area contributed by atoms with E-state index in [1.807, 2.05) is 5.32 Å². The van der Waals surface area contributed by atoms with Crippen LogP contribution in [0.25, 0.3) is 0 Å². The quantitative estimate of drug-likeness (QED) is 0.767. The molecule has 0 saturated carbocycles. The second-order valence-electron chi connectivity index (χ2n) is 3.02. The van der Waals surface area contributed by atoms with Crippen LogP contribution in [0.15, 0.2) is 0 Å². The minimum Gasteiger partial charge on any atom is -0.480 e. The highest BCUT2D eigenvalue weighted by Gasteiger charge is 2.30. The highest BCUT2D eigenvalue weighted by Crippen LogP contribution is 2.14. The number of amides is 1. The number of carboxylic acids is 1. The molecule has 0 aromatic carbocycles. The summed E-state index contributed by atoms with van der Waals surface area (Å²) < 4.78 is 38.7. The zero-order chi connectivity index (χ0) is 12.8. The molecule has 1 atom stereocenters. The fourth-order valence-corrected chi connectivity index (χ4v) is 0.877. The van der Waals surface area contributed by atoms with E-state index in [1.165, 1.54) is 0 Å². The molecule has 1 amide bonds. The van der Waals surface area contributed by atoms with Crippen LogP contribution in [0.3, 0.4) is 0 Å². The van der Waals surface area contributed by atoms with Gasteiger partial charge >= 0.3 is 18.2 Å². The Morgan fingerprint density at radius 1 is 1.44 bits per heavy atom. The van der Waals surface area contributed by atoms with Crippen LogP contribution in [0.2, 0.25) is 0 Å². The Labute approximate surface area is 89.6 Å². The lowest BCUT2D eigenvalue weighted by Crippen LogP contribution is -2.41. The molecule has 0 aromatic rings. The monoisotopic (exact) mass is 243 g/mol. The van der Waals surface area contributed by atoms with E-state index in [-0.39, 0.29) is 6.42 Å². The lowest BCUT2D eigenvalue weighted by atomic mass is 10.2. The van der Waals surface area contributed by atoms with Gasteiger partial charge in [0.15, 0.2) is 6.61 Å². The fourth-order valence-electron chi connectivity index (χ4n) is 0.877. The first-order chi connectivity index (χ1) is 7.26. The Hall–Kier alpha value is -1.47. The first-order valence-electron chi connectivity index (χ1n) is 4.49. The number of alkyl halides is 3. The van der Waals surface area contributed by atoms with Crippen molar-refractivity contribution in [3.05, 3.63) is 0 Å². The molecule has 0 bridgehead atoms. The third kappa shape index (κ3) is 6.91. The Morgan fingerprint density at radius 2 is 2.00 bits per heavy atom. The number of hydrogen-bond donors (Lipinski definition) is 2. The Kier molecular flexibility index (Phi) is 5.62. The number of ether oxygens (including phenoxy) is 1. The van der Waals surface area contributed by atoms with Crippen LogP contribution < -0.4 is 5.32 Å². The highest BCUT2D eigenvalue weighted by atomic mass is 19.4. The zero-order valence-corrected chi connectivity index (χ0v) is 8.50. The van der Waals surface area contributed by atoms with Crippen molar-refractivity contribution in [2.24, 2.45) is 0 Å². The molecule has 16 heavy (non-hydrogen) atoms. The number of aliphatic carboxylic acids is 1. The fraction of sp³-hybridized carbons (Fsp3) is 0.750. The zero-order valence-electron chi connectivity index (χ0n) is 8.50. The number of halogens is 3. The molecule has 0 rings (SSSR count). The largest absolute Gasteiger partial charge is 0.480 e. The molecule has 0 saturated heterocycles. The first kappa shape index (κ1) is 14.5. The number of carbonyl (C=O) groups is 2. The molecule has 0 aromatic heterocycles. The van der Waals surface area contributed by atoms with Crippen molar-refractivity contribution >= 4 is 12.1 Å². The minimum absolute atomic E-state index is 0.121. The molecular weight excluding hydrogens is 231 g/mol. The SMILES string of the molecule is CCC[C@H](NC(=O)OCC(F)(F)F)C(=O)O. The number of carbonyl (C=O) groups excluding carboxylic acids is 1. The Balaban J connectivity index is 4.05. The van der Waals surface area contributed by atoms with E-state index in [9.17, 15) is 22.8 Å². The minimum atomic E-state index is -4.62. The van der Waals surface area contributed by atoms with E-state index < -0.39 is 30.9 Å². The summed E-state index contributed by atoms with van der Waals surface area (Å²) in [5.74, 6) is -1.31. The van der Waals surface area contributed by atoms with Crippen molar-refractivity contribution in [2.45, 2.75) is 32.0 Å². The van der Waals surface area contributed by atoms with Gasteiger partial charge in [-0.15, -0.1) is 0 Å². The maximum atomic E-state index is 11.6. The van der Waals surface area contributed by atoms with Gasteiger partial charge in [0.25, 0.3) is 0 Å². The van der Waals surface area contributed by atoms with Crippen LogP contribution in [0.1, 0.15) is 19.8 Å². The van der Waals surface area contributed by atoms with Gasteiger partial charge in [-0.25, -0.2) is 9.59 Å². The van der Waals surface area contributed by atoms with Crippen molar-refractivity contribution < 1.29 is 32.6 Å². The lowest BCUT2D eigenvalue weighted by Gasteiger charge is -2.14. The Morgan fingerprint density at radius 3 is 2.38 bits per heavy atom. The molecule has 8 heteroatoms. The van der Waals surface area contributed by atoms with E-state index in [4.69, 9.17) is 5.11 Å². The summed E-state index contributed by atoms with van der Waals surface area (Å²) in [5, 5.41) is 10.4. The smallest absolute Gasteiger partial charge is 0.422 e. The third-order valence-electron chi connectivity index (χ3n) is 1.53. The lowest BCUT2D eigenvalue weighted by molar-refractivity contribution is -0.160. The average molecular weight is 243 g/mol. The summed E-state index contributed by atoms with van der Waals surface area (Å²) in [6.07, 6.45) is -5.42. The number of carboxylic acid groups (broad SMARTS) is 1. The molecular formula is C8H12F3NO4. The second-order valence-corrected chi connectivity index (χ2v) is 3.02. The van der Waals surface area contributed by atoms with E-state index >= 15 is 0 Å². The molecule has 94 valence electrons. The van der Waals surface area contributed by atoms with Gasteiger partial charge in [0, 0.05) is 0 Å². The summed E-state index contributed by atoms with van der Waals surface area (Å²) >= 11 is 0. The molecule has 0 aliphatic carbocycles. The van der Waals surface area contributed by atoms with E-state index in [2.05, 4.69) is 4.74 Å². The van der Waals surface area contributed by atoms with Crippen LogP contribution >= 0.6 is 0 Å². The van der Waals surface area contributed by atoms with E-state index in [0.29, 0.717) is 6.42 Å². The summed E-state index contributed by atoms with van der Waals surface area (Å²) in [7, 11) is 0. The maximum Gasteiger partial charge on any atom is 0.422 e. The molecule has 5 nitrogen and oxygen atoms in total. The van der Waals surface area contributed by atoms with Crippen molar-refractivity contribution in [3.63, 3.8) is 0 Å². The van der Waals surface area contributed by atoms with Gasteiger partial charge in [0.05, 0.1) is 0 Å². The summed E-state index contributed by atoms with van der Waals surface area (Å²) in [5.41, 5.74) is 0. The molecule has 0 fully saturated rings. The van der Waals surface area contributed by atoms with Crippen LogP contribution in [-0.2, 0) is 9.53 Å². The van der Waals surface area contributed by atoms with Gasteiger partial charge < -0.3 is 15.2 Å². The predicted octanol–water partition coefficient (Wildman–Crippen LogP) is 1.53. The summed E-state index contributed by atoms with van der Waals surface area (Å²) in [6.45, 7) is -0.0596. The van der Waals surface area contributed by atoms with Crippen LogP contribution in [-0.4, -0.2) is 36.0 Å². The summed E-state index contributed by atoms with van der Waals surface area (Å²) in [6, 6.07) is -1.23. The molecule has 0 aliphatic rings. The molecule has 0 heterocycles. The van der Waals surface area contributed by atoms with Gasteiger partial charge in [-0.2, -0.15) is 13.2 Å². The molecule has 0 spiro atoms. The van der Waals surface area contributed by atoms with Crippen LogP contribution in [0.5, 0.6) is 0 Å². The number of rotatable bonds is 5. The maximum absolute atomic E-state index is 11.6. The van der Waals surface area contributed by atoms with E-state index in [1.54, 1.807) is 6.92 Å². The van der Waals surface area contributed by atoms with Crippen molar-refractivity contribution in [1.29, 1.82) is 0 Å². The van der Waals surface area contributed by atoms with Crippen molar-refractivity contribution in [1.82, 2.24) is 5.32 Å². The Bertz CT molecular complexity index is 254. The molecule has 0 unspecified atom stereocenters. The standard InChI is InChI=1S/C8H12F3NO4/c1-2-3-5(6(13)14)12-7(15)16-4-8(9,10)11/h5H,2-4H2,1H3,(H,12,15)(H,13,14)/t5-/m0/s1. The second kappa shape index (κ2) is 6.19. The molecule has 0 radical (unpaired) electrons. The normalized spacial score (nSPS) is 13.0. The van der Waals surface area contributed by atoms with E-state index in [0.717, 1.165) is 0 Å². The molecule has 0 aliphatic heterocycles. The summed E-state index contributed by atoms with van der Waals surface area (Å²) in [4.78, 5) is 21.3. The number of hydrogen-bond acceptors (Lipinski definition) is 3. The molecule has 2 N–H and O–H groups in total. The van der Waals surface area contributed by atoms with Crippen LogP contribution in [0, 0.1) is 0 Å². The number of nitrogens with one attached hydrogen (secondary N) is 1. The predicted molar refractivity (Wildman–Crippen MR) is 46.9 cm³/mol. The van der Waals surface area contributed by atoms with Gasteiger partial charge in [-0.1, -0.05) is 13.3 Å². The van der Waals surface area contributed by atoms with Crippen molar-refractivity contribution in [2.75, 3.05) is 6.61 Å².